The highest BCUT2D eigenvalue weighted by Crippen LogP contribution is 2.44. The molecule has 1 saturated carbocycles. The molecule has 0 heterocycles. The van der Waals surface area contributed by atoms with Gasteiger partial charge in [0.1, 0.15) is 5.75 Å². The van der Waals surface area contributed by atoms with Gasteiger partial charge < -0.3 is 5.11 Å². The molecule has 2 heteroatoms. The molecule has 0 aromatic heterocycles. The predicted molar refractivity (Wildman–Crippen MR) is 54.6 cm³/mol. The van der Waals surface area contributed by atoms with E-state index in [2.05, 4.69) is 6.92 Å². The molecule has 1 atom stereocenters. The third-order valence-electron chi connectivity index (χ3n) is 3.05. The van der Waals surface area contributed by atoms with Crippen LogP contribution in [0.1, 0.15) is 41.6 Å². The maximum atomic E-state index is 10.6. The van der Waals surface area contributed by atoms with Gasteiger partial charge in [0.05, 0.1) is 5.56 Å². The predicted octanol–water partition coefficient (Wildman–Crippen LogP) is 2.72. The van der Waals surface area contributed by atoms with Crippen molar-refractivity contribution < 1.29 is 9.90 Å². The van der Waals surface area contributed by atoms with Crippen LogP contribution in [0.5, 0.6) is 5.75 Å². The molecule has 0 bridgehead atoms. The van der Waals surface area contributed by atoms with Crippen LogP contribution in [0, 0.1) is 5.92 Å². The second-order valence-electron chi connectivity index (χ2n) is 4.03. The summed E-state index contributed by atoms with van der Waals surface area (Å²) < 4.78 is 0. The number of benzene rings is 1. The van der Waals surface area contributed by atoms with Gasteiger partial charge in [-0.25, -0.2) is 0 Å². The van der Waals surface area contributed by atoms with Gasteiger partial charge in [-0.2, -0.15) is 0 Å². The average molecular weight is 190 g/mol. The fourth-order valence-corrected chi connectivity index (χ4v) is 1.89. The molecule has 74 valence electrons. The molecule has 14 heavy (non-hydrogen) atoms. The Hall–Kier alpha value is -1.31. The Morgan fingerprint density at radius 3 is 2.79 bits per heavy atom. The van der Waals surface area contributed by atoms with Crippen molar-refractivity contribution in [2.75, 3.05) is 0 Å². The maximum absolute atomic E-state index is 10.6. The second kappa shape index (κ2) is 3.45. The minimum Gasteiger partial charge on any atom is -0.507 e. The van der Waals surface area contributed by atoms with Gasteiger partial charge in [0, 0.05) is 0 Å². The first-order valence-electron chi connectivity index (χ1n) is 5.01. The van der Waals surface area contributed by atoms with Gasteiger partial charge in [-0.3, -0.25) is 4.79 Å². The molecule has 1 aliphatic carbocycles. The SMILES string of the molecule is C[C@@H](c1cccc(C=O)c1O)C1CC1. The lowest BCUT2D eigenvalue weighted by atomic mass is 9.94. The lowest BCUT2D eigenvalue weighted by molar-refractivity contribution is 0.112. The average Bonchev–Trinajstić information content (AvgIpc) is 3.00. The second-order valence-corrected chi connectivity index (χ2v) is 4.03. The van der Waals surface area contributed by atoms with Crippen molar-refractivity contribution in [3.05, 3.63) is 29.3 Å². The Kier molecular flexibility index (Phi) is 2.28. The summed E-state index contributed by atoms with van der Waals surface area (Å²) in [4.78, 5) is 10.6. The lowest BCUT2D eigenvalue weighted by Crippen LogP contribution is -1.97. The quantitative estimate of drug-likeness (QED) is 0.744. The third-order valence-corrected chi connectivity index (χ3v) is 3.05. The molecule has 0 unspecified atom stereocenters. The van der Waals surface area contributed by atoms with Crippen molar-refractivity contribution >= 4 is 6.29 Å². The molecule has 2 rings (SSSR count). The van der Waals surface area contributed by atoms with Gasteiger partial charge in [0.15, 0.2) is 6.29 Å². The highest BCUT2D eigenvalue weighted by atomic mass is 16.3. The van der Waals surface area contributed by atoms with Crippen molar-refractivity contribution in [3.63, 3.8) is 0 Å². The standard InChI is InChI=1S/C12H14O2/c1-8(9-5-6-9)11-4-2-3-10(7-13)12(11)14/h2-4,7-9,14H,5-6H2,1H3/t8-/m1/s1. The van der Waals surface area contributed by atoms with E-state index in [9.17, 15) is 9.90 Å². The Balaban J connectivity index is 2.36. The molecule has 0 aliphatic heterocycles. The normalized spacial score (nSPS) is 17.8. The minimum absolute atomic E-state index is 0.168. The molecule has 2 nitrogen and oxygen atoms in total. The summed E-state index contributed by atoms with van der Waals surface area (Å²) in [7, 11) is 0. The van der Waals surface area contributed by atoms with Crippen molar-refractivity contribution in [2.24, 2.45) is 5.92 Å². The monoisotopic (exact) mass is 190 g/mol. The van der Waals surface area contributed by atoms with E-state index in [0.29, 0.717) is 23.7 Å². The van der Waals surface area contributed by atoms with Crippen LogP contribution in [0.4, 0.5) is 0 Å². The molecule has 0 saturated heterocycles. The van der Waals surface area contributed by atoms with Crippen LogP contribution in [0.15, 0.2) is 18.2 Å². The number of rotatable bonds is 3. The number of carbonyl (C=O) groups is 1. The van der Waals surface area contributed by atoms with E-state index >= 15 is 0 Å². The van der Waals surface area contributed by atoms with Gasteiger partial charge >= 0.3 is 0 Å². The maximum Gasteiger partial charge on any atom is 0.153 e. The van der Waals surface area contributed by atoms with Crippen LogP contribution in [0.3, 0.4) is 0 Å². The number of hydrogen-bond acceptors (Lipinski definition) is 2. The molecule has 1 aromatic rings. The largest absolute Gasteiger partial charge is 0.507 e. The summed E-state index contributed by atoms with van der Waals surface area (Å²) in [5.74, 6) is 1.24. The van der Waals surface area contributed by atoms with Crippen LogP contribution in [0.2, 0.25) is 0 Å². The number of aldehydes is 1. The molecular weight excluding hydrogens is 176 g/mol. The Bertz CT molecular complexity index is 353. The van der Waals surface area contributed by atoms with E-state index in [1.807, 2.05) is 12.1 Å². The van der Waals surface area contributed by atoms with Crippen LogP contribution >= 0.6 is 0 Å². The van der Waals surface area contributed by atoms with E-state index in [4.69, 9.17) is 0 Å². The van der Waals surface area contributed by atoms with E-state index < -0.39 is 0 Å². The fraction of sp³-hybridized carbons (Fsp3) is 0.417. The van der Waals surface area contributed by atoms with E-state index in [1.165, 1.54) is 12.8 Å². The highest BCUT2D eigenvalue weighted by molar-refractivity contribution is 5.80. The Labute approximate surface area is 83.6 Å². The zero-order chi connectivity index (χ0) is 10.1. The molecule has 0 radical (unpaired) electrons. The smallest absolute Gasteiger partial charge is 0.153 e. The molecule has 1 fully saturated rings. The lowest BCUT2D eigenvalue weighted by Gasteiger charge is -2.13. The van der Waals surface area contributed by atoms with Gasteiger partial charge in [-0.05, 0) is 36.3 Å². The van der Waals surface area contributed by atoms with Crippen molar-refractivity contribution in [3.8, 4) is 5.75 Å². The summed E-state index contributed by atoms with van der Waals surface area (Å²) in [6.45, 7) is 2.11. The van der Waals surface area contributed by atoms with Gasteiger partial charge in [0.2, 0.25) is 0 Å². The summed E-state index contributed by atoms with van der Waals surface area (Å²) in [6.07, 6.45) is 3.19. The van der Waals surface area contributed by atoms with E-state index in [0.717, 1.165) is 5.56 Å². The Morgan fingerprint density at radius 1 is 1.50 bits per heavy atom. The van der Waals surface area contributed by atoms with Gasteiger partial charge in [0.25, 0.3) is 0 Å². The van der Waals surface area contributed by atoms with E-state index in [-0.39, 0.29) is 5.75 Å². The summed E-state index contributed by atoms with van der Waals surface area (Å²) in [6, 6.07) is 5.38. The molecule has 1 aliphatic rings. The first kappa shape index (κ1) is 9.25. The molecule has 1 N–H and O–H groups in total. The first-order chi connectivity index (χ1) is 6.74. The summed E-state index contributed by atoms with van der Waals surface area (Å²) in [5.41, 5.74) is 1.31. The zero-order valence-corrected chi connectivity index (χ0v) is 8.23. The van der Waals surface area contributed by atoms with E-state index in [1.54, 1.807) is 6.07 Å². The number of phenols is 1. The molecular formula is C12H14O2. The molecule has 1 aromatic carbocycles. The highest BCUT2D eigenvalue weighted by Gasteiger charge is 2.30. The number of para-hydroxylation sites is 1. The Morgan fingerprint density at radius 2 is 2.21 bits per heavy atom. The summed E-state index contributed by atoms with van der Waals surface area (Å²) >= 11 is 0. The van der Waals surface area contributed by atoms with Crippen LogP contribution < -0.4 is 0 Å². The zero-order valence-electron chi connectivity index (χ0n) is 8.23. The van der Waals surface area contributed by atoms with Crippen molar-refractivity contribution in [2.45, 2.75) is 25.7 Å². The third kappa shape index (κ3) is 1.52. The van der Waals surface area contributed by atoms with Crippen molar-refractivity contribution in [1.82, 2.24) is 0 Å². The number of carbonyl (C=O) groups excluding carboxylic acids is 1. The topological polar surface area (TPSA) is 37.3 Å². The number of hydrogen-bond donors (Lipinski definition) is 1. The fourth-order valence-electron chi connectivity index (χ4n) is 1.89. The van der Waals surface area contributed by atoms with Crippen molar-refractivity contribution in [1.29, 1.82) is 0 Å². The first-order valence-corrected chi connectivity index (χ1v) is 5.01. The minimum atomic E-state index is 0.168. The summed E-state index contributed by atoms with van der Waals surface area (Å²) in [5, 5.41) is 9.80. The molecule has 0 amide bonds. The van der Waals surface area contributed by atoms with Crippen LogP contribution in [-0.2, 0) is 0 Å². The van der Waals surface area contributed by atoms with Gasteiger partial charge in [-0.15, -0.1) is 0 Å². The van der Waals surface area contributed by atoms with Crippen LogP contribution in [-0.4, -0.2) is 11.4 Å². The number of phenolic OH excluding ortho intramolecular Hbond substituents is 1. The van der Waals surface area contributed by atoms with Crippen LogP contribution in [0.25, 0.3) is 0 Å². The number of aromatic hydroxyl groups is 1. The van der Waals surface area contributed by atoms with Gasteiger partial charge in [-0.1, -0.05) is 19.1 Å². The molecule has 0 spiro atoms.